The Labute approximate surface area is 210 Å². The second kappa shape index (κ2) is 10.9. The SMILES string of the molecule is Cc1cc(-c2cnc(Nc3cnc(CN4CCC(O)C(C)C4)cn3)s2)nc(OC2CCCCC2)n1. The number of nitrogens with zero attached hydrogens (tertiary/aromatic N) is 6. The number of anilines is 2. The van der Waals surface area contributed by atoms with E-state index in [1.165, 1.54) is 30.6 Å². The molecule has 5 rings (SSSR count). The van der Waals surface area contributed by atoms with Crippen LogP contribution in [-0.2, 0) is 6.54 Å². The van der Waals surface area contributed by atoms with Crippen molar-refractivity contribution in [1.29, 1.82) is 0 Å². The Hall–Kier alpha value is -2.69. The summed E-state index contributed by atoms with van der Waals surface area (Å²) in [5, 5.41) is 13.9. The Morgan fingerprint density at radius 3 is 2.71 bits per heavy atom. The van der Waals surface area contributed by atoms with E-state index in [2.05, 4.69) is 42.1 Å². The van der Waals surface area contributed by atoms with Gasteiger partial charge in [-0.15, -0.1) is 0 Å². The topological polar surface area (TPSA) is 109 Å². The minimum atomic E-state index is -0.200. The van der Waals surface area contributed by atoms with E-state index in [1.54, 1.807) is 12.4 Å². The van der Waals surface area contributed by atoms with Gasteiger partial charge in [-0.25, -0.2) is 15.0 Å². The Bertz CT molecular complexity index is 1120. The lowest BCUT2D eigenvalue weighted by Gasteiger charge is -2.33. The Morgan fingerprint density at radius 2 is 1.94 bits per heavy atom. The van der Waals surface area contributed by atoms with Crippen LogP contribution in [0.15, 0.2) is 24.7 Å². The van der Waals surface area contributed by atoms with Crippen LogP contribution in [0.1, 0.15) is 56.8 Å². The Morgan fingerprint density at radius 1 is 1.09 bits per heavy atom. The number of ether oxygens (including phenoxy) is 1. The van der Waals surface area contributed by atoms with Gasteiger partial charge in [0, 0.05) is 31.5 Å². The normalized spacial score (nSPS) is 21.7. The van der Waals surface area contributed by atoms with E-state index in [4.69, 9.17) is 4.74 Å². The molecule has 4 heterocycles. The molecule has 1 saturated heterocycles. The number of thiazole rings is 1. The molecule has 3 aromatic heterocycles. The average molecular weight is 496 g/mol. The third kappa shape index (κ3) is 6.31. The summed E-state index contributed by atoms with van der Waals surface area (Å²) in [5.41, 5.74) is 2.61. The van der Waals surface area contributed by atoms with E-state index in [-0.39, 0.29) is 18.1 Å². The first kappa shape index (κ1) is 24.0. The van der Waals surface area contributed by atoms with Crippen LogP contribution in [0.25, 0.3) is 10.6 Å². The summed E-state index contributed by atoms with van der Waals surface area (Å²) in [6, 6.07) is 2.41. The summed E-state index contributed by atoms with van der Waals surface area (Å²) >= 11 is 1.51. The van der Waals surface area contributed by atoms with Crippen molar-refractivity contribution in [1.82, 2.24) is 29.8 Å². The third-order valence-electron chi connectivity index (χ3n) is 6.69. The van der Waals surface area contributed by atoms with Crippen molar-refractivity contribution in [2.24, 2.45) is 5.92 Å². The highest BCUT2D eigenvalue weighted by Crippen LogP contribution is 2.31. The molecule has 0 radical (unpaired) electrons. The minimum absolute atomic E-state index is 0.200. The van der Waals surface area contributed by atoms with Crippen molar-refractivity contribution in [3.05, 3.63) is 36.0 Å². The van der Waals surface area contributed by atoms with Gasteiger partial charge >= 0.3 is 6.01 Å². The molecule has 0 spiro atoms. The van der Waals surface area contributed by atoms with Crippen LogP contribution < -0.4 is 10.1 Å². The summed E-state index contributed by atoms with van der Waals surface area (Å²) in [4.78, 5) is 26.0. The van der Waals surface area contributed by atoms with E-state index in [0.717, 1.165) is 66.0 Å². The molecule has 0 amide bonds. The lowest BCUT2D eigenvalue weighted by molar-refractivity contribution is 0.0315. The zero-order chi connectivity index (χ0) is 24.2. The van der Waals surface area contributed by atoms with Gasteiger partial charge in [-0.1, -0.05) is 24.7 Å². The summed E-state index contributed by atoms with van der Waals surface area (Å²) < 4.78 is 6.09. The number of aliphatic hydroxyl groups is 1. The minimum Gasteiger partial charge on any atom is -0.460 e. The van der Waals surface area contributed by atoms with E-state index in [1.807, 2.05) is 19.2 Å². The molecule has 3 aromatic rings. The molecule has 186 valence electrons. The summed E-state index contributed by atoms with van der Waals surface area (Å²) in [6.45, 7) is 6.55. The van der Waals surface area contributed by atoms with Gasteiger partial charge < -0.3 is 15.2 Å². The number of aryl methyl sites for hydroxylation is 1. The fourth-order valence-corrected chi connectivity index (χ4v) is 5.49. The van der Waals surface area contributed by atoms with Crippen molar-refractivity contribution in [2.45, 2.75) is 71.1 Å². The maximum absolute atomic E-state index is 9.93. The van der Waals surface area contributed by atoms with Crippen molar-refractivity contribution in [3.8, 4) is 16.6 Å². The van der Waals surface area contributed by atoms with Crippen molar-refractivity contribution < 1.29 is 9.84 Å². The predicted octanol–water partition coefficient (Wildman–Crippen LogP) is 4.36. The molecule has 2 unspecified atom stereocenters. The lowest BCUT2D eigenvalue weighted by atomic mass is 9.97. The van der Waals surface area contributed by atoms with Crippen LogP contribution >= 0.6 is 11.3 Å². The second-order valence-electron chi connectivity index (χ2n) is 9.67. The van der Waals surface area contributed by atoms with Crippen molar-refractivity contribution in [3.63, 3.8) is 0 Å². The third-order valence-corrected chi connectivity index (χ3v) is 7.62. The molecular weight excluding hydrogens is 462 g/mol. The van der Waals surface area contributed by atoms with Gasteiger partial charge in [0.15, 0.2) is 10.9 Å². The van der Waals surface area contributed by atoms with Crippen LogP contribution in [0.3, 0.4) is 0 Å². The highest BCUT2D eigenvalue weighted by Gasteiger charge is 2.24. The van der Waals surface area contributed by atoms with Gasteiger partial charge in [-0.05, 0) is 51.0 Å². The molecule has 2 N–H and O–H groups in total. The molecule has 1 saturated carbocycles. The first-order valence-corrected chi connectivity index (χ1v) is 13.3. The second-order valence-corrected chi connectivity index (χ2v) is 10.7. The number of hydrogen-bond acceptors (Lipinski definition) is 10. The van der Waals surface area contributed by atoms with E-state index >= 15 is 0 Å². The largest absolute Gasteiger partial charge is 0.460 e. The fraction of sp³-hybridized carbons (Fsp3) is 0.560. The molecule has 1 aliphatic heterocycles. The maximum atomic E-state index is 9.93. The molecular formula is C25H33N7O2S. The van der Waals surface area contributed by atoms with Crippen LogP contribution in [0, 0.1) is 12.8 Å². The summed E-state index contributed by atoms with van der Waals surface area (Å²) in [7, 11) is 0. The first-order valence-electron chi connectivity index (χ1n) is 12.5. The zero-order valence-electron chi connectivity index (χ0n) is 20.4. The molecule has 1 aliphatic carbocycles. The number of rotatable bonds is 7. The van der Waals surface area contributed by atoms with Gasteiger partial charge in [0.05, 0.1) is 34.8 Å². The number of nitrogens with one attached hydrogen (secondary N) is 1. The standard InChI is InChI=1S/C25H33N7O2S/c1-16-14-32(9-8-21(16)33)15-18-11-27-23(13-26-18)31-25-28-12-22(35-25)20-10-17(2)29-24(30-20)34-19-6-4-3-5-7-19/h10-13,16,19,21,33H,3-9,14-15H2,1-2H3,(H,27,28,31). The predicted molar refractivity (Wildman–Crippen MR) is 136 cm³/mol. The van der Waals surface area contributed by atoms with Gasteiger partial charge in [0.1, 0.15) is 6.10 Å². The van der Waals surface area contributed by atoms with E-state index < -0.39 is 0 Å². The maximum Gasteiger partial charge on any atom is 0.317 e. The Balaban J connectivity index is 1.20. The van der Waals surface area contributed by atoms with E-state index in [9.17, 15) is 5.11 Å². The smallest absolute Gasteiger partial charge is 0.317 e. The van der Waals surface area contributed by atoms with Crippen molar-refractivity contribution >= 4 is 22.3 Å². The first-order chi connectivity index (χ1) is 17.0. The molecule has 2 aliphatic rings. The number of aromatic nitrogens is 5. The summed E-state index contributed by atoms with van der Waals surface area (Å²) in [6.07, 6.45) is 12.0. The average Bonchev–Trinajstić information content (AvgIpc) is 3.32. The number of likely N-dealkylation sites (tertiary alicyclic amines) is 1. The molecule has 0 aromatic carbocycles. The van der Waals surface area contributed by atoms with Gasteiger partial charge in [-0.2, -0.15) is 4.98 Å². The zero-order valence-corrected chi connectivity index (χ0v) is 21.2. The van der Waals surface area contributed by atoms with Gasteiger partial charge in [-0.3, -0.25) is 9.88 Å². The van der Waals surface area contributed by atoms with Crippen LogP contribution in [0.5, 0.6) is 6.01 Å². The van der Waals surface area contributed by atoms with Crippen LogP contribution in [0.2, 0.25) is 0 Å². The summed E-state index contributed by atoms with van der Waals surface area (Å²) in [5.74, 6) is 0.933. The number of piperidine rings is 1. The van der Waals surface area contributed by atoms with Crippen LogP contribution in [-0.4, -0.2) is 60.2 Å². The van der Waals surface area contributed by atoms with Gasteiger partial charge in [0.25, 0.3) is 0 Å². The quantitative estimate of drug-likeness (QED) is 0.494. The molecule has 2 atom stereocenters. The fourth-order valence-electron chi connectivity index (χ4n) is 4.71. The number of hydrogen-bond donors (Lipinski definition) is 2. The lowest BCUT2D eigenvalue weighted by Crippen LogP contribution is -2.41. The van der Waals surface area contributed by atoms with Crippen LogP contribution in [0.4, 0.5) is 10.9 Å². The van der Waals surface area contributed by atoms with E-state index in [0.29, 0.717) is 11.8 Å². The van der Waals surface area contributed by atoms with Gasteiger partial charge in [0.2, 0.25) is 0 Å². The van der Waals surface area contributed by atoms with Crippen molar-refractivity contribution in [2.75, 3.05) is 18.4 Å². The molecule has 10 heteroatoms. The monoisotopic (exact) mass is 495 g/mol. The Kier molecular flexibility index (Phi) is 7.50. The highest BCUT2D eigenvalue weighted by atomic mass is 32.1. The highest BCUT2D eigenvalue weighted by molar-refractivity contribution is 7.18. The number of aliphatic hydroxyl groups excluding tert-OH is 1. The molecule has 9 nitrogen and oxygen atoms in total. The molecule has 0 bridgehead atoms. The molecule has 2 fully saturated rings. The molecule has 35 heavy (non-hydrogen) atoms.